The van der Waals surface area contributed by atoms with Crippen LogP contribution in [0.2, 0.25) is 0 Å². The van der Waals surface area contributed by atoms with Gasteiger partial charge in [-0.15, -0.1) is 0 Å². The molecule has 0 saturated carbocycles. The Morgan fingerprint density at radius 1 is 1.60 bits per heavy atom. The summed E-state index contributed by atoms with van der Waals surface area (Å²) in [5, 5.41) is 5.05. The normalized spacial score (nSPS) is 11.9. The largest absolute Gasteiger partial charge is 0.336 e. The van der Waals surface area contributed by atoms with Gasteiger partial charge in [-0.25, -0.2) is 9.18 Å². The van der Waals surface area contributed by atoms with Crippen LogP contribution in [-0.2, 0) is 0 Å². The van der Waals surface area contributed by atoms with E-state index in [4.69, 9.17) is 5.73 Å². The van der Waals surface area contributed by atoms with Crippen molar-refractivity contribution in [3.8, 4) is 0 Å². The molecule has 1 rings (SSSR count). The monoisotopic (exact) mass is 211 g/mol. The molecule has 0 saturated heterocycles. The minimum Gasteiger partial charge on any atom is -0.336 e. The molecule has 0 aliphatic rings. The predicted octanol–water partition coefficient (Wildman–Crippen LogP) is 1.29. The van der Waals surface area contributed by atoms with Gasteiger partial charge in [-0.05, 0) is 25.1 Å². The minimum atomic E-state index is -0.391. The molecule has 0 aliphatic carbocycles. The number of halogens is 1. The highest BCUT2D eigenvalue weighted by Gasteiger charge is 2.02. The second-order valence-corrected chi connectivity index (χ2v) is 3.32. The van der Waals surface area contributed by atoms with Crippen molar-refractivity contribution in [1.29, 1.82) is 0 Å². The van der Waals surface area contributed by atoms with Crippen LogP contribution in [0.5, 0.6) is 0 Å². The smallest absolute Gasteiger partial charge is 0.319 e. The number of benzene rings is 1. The fourth-order valence-corrected chi connectivity index (χ4v) is 0.995. The van der Waals surface area contributed by atoms with Crippen LogP contribution in [0.4, 0.5) is 14.9 Å². The fraction of sp³-hybridized carbons (Fsp3) is 0.300. The Hall–Kier alpha value is -1.62. The molecule has 0 bridgehead atoms. The van der Waals surface area contributed by atoms with Gasteiger partial charge in [0.1, 0.15) is 5.82 Å². The molecule has 0 radical (unpaired) electrons. The lowest BCUT2D eigenvalue weighted by molar-refractivity contribution is 0.251. The van der Waals surface area contributed by atoms with Crippen molar-refractivity contribution in [3.63, 3.8) is 0 Å². The number of nitrogens with two attached hydrogens (primary N) is 1. The highest BCUT2D eigenvalue weighted by Crippen LogP contribution is 2.08. The van der Waals surface area contributed by atoms with Crippen LogP contribution in [0.25, 0.3) is 0 Å². The lowest BCUT2D eigenvalue weighted by Crippen LogP contribution is -2.37. The number of carbonyl (C=O) groups excluding carboxylic acids is 1. The van der Waals surface area contributed by atoms with Crippen molar-refractivity contribution < 1.29 is 9.18 Å². The standard InChI is InChI=1S/C10H14FN3O/c1-7(12)6-13-10(15)14-9-4-2-3-8(11)5-9/h2-5,7H,6,12H2,1H3,(H2,13,14,15). The van der Waals surface area contributed by atoms with Crippen LogP contribution in [0, 0.1) is 5.82 Å². The first-order chi connectivity index (χ1) is 7.08. The van der Waals surface area contributed by atoms with Crippen molar-refractivity contribution in [1.82, 2.24) is 5.32 Å². The average Bonchev–Trinajstić information content (AvgIpc) is 2.15. The highest BCUT2D eigenvalue weighted by atomic mass is 19.1. The van der Waals surface area contributed by atoms with Crippen molar-refractivity contribution >= 4 is 11.7 Å². The number of carbonyl (C=O) groups is 1. The maximum absolute atomic E-state index is 12.7. The molecule has 4 nitrogen and oxygen atoms in total. The summed E-state index contributed by atoms with van der Waals surface area (Å²) < 4.78 is 12.7. The molecule has 5 heteroatoms. The average molecular weight is 211 g/mol. The van der Waals surface area contributed by atoms with Gasteiger partial charge < -0.3 is 16.4 Å². The zero-order chi connectivity index (χ0) is 11.3. The molecular formula is C10H14FN3O. The number of urea groups is 1. The van der Waals surface area contributed by atoms with Gasteiger partial charge in [0, 0.05) is 18.3 Å². The Morgan fingerprint density at radius 2 is 2.33 bits per heavy atom. The summed E-state index contributed by atoms with van der Waals surface area (Å²) in [7, 11) is 0. The van der Waals surface area contributed by atoms with Gasteiger partial charge in [0.2, 0.25) is 0 Å². The van der Waals surface area contributed by atoms with Crippen LogP contribution in [0.1, 0.15) is 6.92 Å². The van der Waals surface area contributed by atoms with E-state index in [0.29, 0.717) is 12.2 Å². The number of hydrogen-bond acceptors (Lipinski definition) is 2. The third-order valence-electron chi connectivity index (χ3n) is 1.67. The molecule has 1 unspecified atom stereocenters. The van der Waals surface area contributed by atoms with Crippen molar-refractivity contribution in [2.45, 2.75) is 13.0 Å². The molecule has 1 atom stereocenters. The Bertz CT molecular complexity index is 341. The lowest BCUT2D eigenvalue weighted by Gasteiger charge is -2.09. The maximum Gasteiger partial charge on any atom is 0.319 e. The summed E-state index contributed by atoms with van der Waals surface area (Å²) in [5.74, 6) is -0.389. The molecule has 0 fully saturated rings. The molecule has 0 heterocycles. The fourth-order valence-electron chi connectivity index (χ4n) is 0.995. The minimum absolute atomic E-state index is 0.108. The number of anilines is 1. The molecule has 15 heavy (non-hydrogen) atoms. The molecule has 1 aromatic rings. The molecule has 0 aliphatic heterocycles. The van der Waals surface area contributed by atoms with Crippen LogP contribution < -0.4 is 16.4 Å². The summed E-state index contributed by atoms with van der Waals surface area (Å²) in [4.78, 5) is 11.2. The van der Waals surface area contributed by atoms with Gasteiger partial charge in [-0.1, -0.05) is 6.07 Å². The first-order valence-electron chi connectivity index (χ1n) is 4.64. The highest BCUT2D eigenvalue weighted by molar-refractivity contribution is 5.89. The van der Waals surface area contributed by atoms with E-state index in [1.54, 1.807) is 13.0 Å². The topological polar surface area (TPSA) is 67.1 Å². The van der Waals surface area contributed by atoms with Gasteiger partial charge in [-0.3, -0.25) is 0 Å². The quantitative estimate of drug-likeness (QED) is 0.705. The first kappa shape index (κ1) is 11.5. The number of hydrogen-bond donors (Lipinski definition) is 3. The summed E-state index contributed by atoms with van der Waals surface area (Å²) in [6.45, 7) is 2.16. The van der Waals surface area contributed by atoms with E-state index in [1.165, 1.54) is 18.2 Å². The van der Waals surface area contributed by atoms with Crippen molar-refractivity contribution in [2.75, 3.05) is 11.9 Å². The molecule has 4 N–H and O–H groups in total. The van der Waals surface area contributed by atoms with Gasteiger partial charge >= 0.3 is 6.03 Å². The number of rotatable bonds is 3. The van der Waals surface area contributed by atoms with Crippen LogP contribution in [0.15, 0.2) is 24.3 Å². The van der Waals surface area contributed by atoms with Gasteiger partial charge in [0.15, 0.2) is 0 Å². The molecule has 82 valence electrons. The first-order valence-corrected chi connectivity index (χ1v) is 4.64. The molecule has 0 aromatic heterocycles. The molecular weight excluding hydrogens is 197 g/mol. The van der Waals surface area contributed by atoms with Crippen LogP contribution in [-0.4, -0.2) is 18.6 Å². The van der Waals surface area contributed by atoms with E-state index in [1.807, 2.05) is 0 Å². The third-order valence-corrected chi connectivity index (χ3v) is 1.67. The SMILES string of the molecule is CC(N)CNC(=O)Nc1cccc(F)c1. The van der Waals surface area contributed by atoms with Gasteiger partial charge in [-0.2, -0.15) is 0 Å². The Balaban J connectivity index is 2.44. The van der Waals surface area contributed by atoms with E-state index in [0.717, 1.165) is 0 Å². The zero-order valence-corrected chi connectivity index (χ0v) is 8.46. The van der Waals surface area contributed by atoms with E-state index in [9.17, 15) is 9.18 Å². The Kier molecular flexibility index (Phi) is 4.05. The zero-order valence-electron chi connectivity index (χ0n) is 8.46. The second-order valence-electron chi connectivity index (χ2n) is 3.32. The third kappa shape index (κ3) is 4.42. The van der Waals surface area contributed by atoms with E-state index in [2.05, 4.69) is 10.6 Å². The maximum atomic E-state index is 12.7. The second kappa shape index (κ2) is 5.31. The number of amides is 2. The molecule has 0 spiro atoms. The summed E-state index contributed by atoms with van der Waals surface area (Å²) in [6, 6.07) is 5.18. The molecule has 1 aromatic carbocycles. The van der Waals surface area contributed by atoms with E-state index < -0.39 is 6.03 Å². The van der Waals surface area contributed by atoms with E-state index >= 15 is 0 Å². The lowest BCUT2D eigenvalue weighted by atomic mass is 10.3. The van der Waals surface area contributed by atoms with Crippen molar-refractivity contribution in [3.05, 3.63) is 30.1 Å². The van der Waals surface area contributed by atoms with Crippen molar-refractivity contribution in [2.24, 2.45) is 5.73 Å². The Labute approximate surface area is 87.7 Å². The van der Waals surface area contributed by atoms with Gasteiger partial charge in [0.25, 0.3) is 0 Å². The summed E-state index contributed by atoms with van der Waals surface area (Å²) in [5.41, 5.74) is 5.87. The number of nitrogens with one attached hydrogen (secondary N) is 2. The predicted molar refractivity (Wildman–Crippen MR) is 57.1 cm³/mol. The summed E-state index contributed by atoms with van der Waals surface area (Å²) >= 11 is 0. The summed E-state index contributed by atoms with van der Waals surface area (Å²) in [6.07, 6.45) is 0. The Morgan fingerprint density at radius 3 is 2.93 bits per heavy atom. The van der Waals surface area contributed by atoms with Crippen LogP contribution >= 0.6 is 0 Å². The van der Waals surface area contributed by atoms with Gasteiger partial charge in [0.05, 0.1) is 0 Å². The molecule has 2 amide bonds. The van der Waals surface area contributed by atoms with Crippen LogP contribution in [0.3, 0.4) is 0 Å². The van der Waals surface area contributed by atoms with E-state index in [-0.39, 0.29) is 11.9 Å².